The SMILES string of the molecule is CC(=O)c1ccccc1OC(=O)c1ccccc1C(=O)OCC(C)C. The van der Waals surface area contributed by atoms with Gasteiger partial charge in [0, 0.05) is 0 Å². The zero-order valence-electron chi connectivity index (χ0n) is 14.4. The van der Waals surface area contributed by atoms with Crippen LogP contribution in [0.25, 0.3) is 0 Å². The number of esters is 2. The fourth-order valence-corrected chi connectivity index (χ4v) is 2.16. The molecule has 0 aliphatic carbocycles. The quantitative estimate of drug-likeness (QED) is 0.453. The van der Waals surface area contributed by atoms with Crippen LogP contribution < -0.4 is 4.74 Å². The van der Waals surface area contributed by atoms with Crippen molar-refractivity contribution in [2.45, 2.75) is 20.8 Å². The Bertz CT molecular complexity index is 792. The summed E-state index contributed by atoms with van der Waals surface area (Å²) in [5.74, 6) is -1.17. The summed E-state index contributed by atoms with van der Waals surface area (Å²) in [5.41, 5.74) is 0.527. The Kier molecular flexibility index (Phi) is 6.06. The molecule has 0 saturated heterocycles. The molecule has 0 saturated carbocycles. The predicted octanol–water partition coefficient (Wildman–Crippen LogP) is 3.92. The number of hydrogen-bond donors (Lipinski definition) is 0. The first kappa shape index (κ1) is 18.4. The van der Waals surface area contributed by atoms with Crippen molar-refractivity contribution in [2.75, 3.05) is 6.61 Å². The molecule has 0 spiro atoms. The predicted molar refractivity (Wildman–Crippen MR) is 93.0 cm³/mol. The molecule has 0 N–H and O–H groups in total. The standard InChI is InChI=1S/C20H20O5/c1-13(2)12-24-19(22)16-9-4-5-10-17(16)20(23)25-18-11-7-6-8-15(18)14(3)21/h4-11,13H,12H2,1-3H3. The smallest absolute Gasteiger partial charge is 0.344 e. The van der Waals surface area contributed by atoms with Gasteiger partial charge in [-0.3, -0.25) is 4.79 Å². The van der Waals surface area contributed by atoms with Crippen molar-refractivity contribution in [1.82, 2.24) is 0 Å². The fraction of sp³-hybridized carbons (Fsp3) is 0.250. The van der Waals surface area contributed by atoms with Crippen LogP contribution in [0.15, 0.2) is 48.5 Å². The van der Waals surface area contributed by atoms with Gasteiger partial charge in [0.25, 0.3) is 0 Å². The highest BCUT2D eigenvalue weighted by molar-refractivity contribution is 6.04. The van der Waals surface area contributed by atoms with Gasteiger partial charge in [-0.2, -0.15) is 0 Å². The average molecular weight is 340 g/mol. The Morgan fingerprint density at radius 2 is 1.36 bits per heavy atom. The Balaban J connectivity index is 2.26. The first-order chi connectivity index (χ1) is 11.9. The summed E-state index contributed by atoms with van der Waals surface area (Å²) in [7, 11) is 0. The summed E-state index contributed by atoms with van der Waals surface area (Å²) in [4.78, 5) is 36.4. The lowest BCUT2D eigenvalue weighted by atomic mass is 10.1. The van der Waals surface area contributed by atoms with E-state index in [-0.39, 0.29) is 35.2 Å². The van der Waals surface area contributed by atoms with E-state index < -0.39 is 11.9 Å². The van der Waals surface area contributed by atoms with E-state index in [0.717, 1.165) is 0 Å². The maximum Gasteiger partial charge on any atom is 0.344 e. The van der Waals surface area contributed by atoms with Crippen molar-refractivity contribution in [3.63, 3.8) is 0 Å². The van der Waals surface area contributed by atoms with Crippen molar-refractivity contribution < 1.29 is 23.9 Å². The van der Waals surface area contributed by atoms with E-state index in [0.29, 0.717) is 5.56 Å². The first-order valence-corrected chi connectivity index (χ1v) is 7.98. The van der Waals surface area contributed by atoms with Gasteiger partial charge >= 0.3 is 11.9 Å². The molecule has 5 nitrogen and oxygen atoms in total. The Morgan fingerprint density at radius 1 is 0.840 bits per heavy atom. The lowest BCUT2D eigenvalue weighted by molar-refractivity contribution is 0.0451. The van der Waals surface area contributed by atoms with Gasteiger partial charge < -0.3 is 9.47 Å². The molecule has 5 heteroatoms. The van der Waals surface area contributed by atoms with Crippen LogP contribution in [0.2, 0.25) is 0 Å². The van der Waals surface area contributed by atoms with Gasteiger partial charge in [-0.1, -0.05) is 38.1 Å². The highest BCUT2D eigenvalue weighted by Crippen LogP contribution is 2.21. The van der Waals surface area contributed by atoms with Crippen LogP contribution >= 0.6 is 0 Å². The molecule has 2 rings (SSSR count). The van der Waals surface area contributed by atoms with Gasteiger partial charge in [0.05, 0.1) is 23.3 Å². The highest BCUT2D eigenvalue weighted by Gasteiger charge is 2.21. The summed E-state index contributed by atoms with van der Waals surface area (Å²) < 4.78 is 10.5. The van der Waals surface area contributed by atoms with E-state index >= 15 is 0 Å². The molecule has 0 radical (unpaired) electrons. The zero-order valence-corrected chi connectivity index (χ0v) is 14.4. The molecule has 130 valence electrons. The van der Waals surface area contributed by atoms with Crippen LogP contribution in [0.4, 0.5) is 0 Å². The maximum absolute atomic E-state index is 12.5. The number of carbonyl (C=O) groups is 3. The lowest BCUT2D eigenvalue weighted by Gasteiger charge is -2.12. The van der Waals surface area contributed by atoms with Crippen LogP contribution in [0, 0.1) is 5.92 Å². The molecule has 25 heavy (non-hydrogen) atoms. The second-order valence-electron chi connectivity index (χ2n) is 5.98. The first-order valence-electron chi connectivity index (χ1n) is 7.98. The van der Waals surface area contributed by atoms with E-state index in [4.69, 9.17) is 9.47 Å². The molecule has 0 aromatic heterocycles. The summed E-state index contributed by atoms with van der Waals surface area (Å²) in [6.45, 7) is 5.50. The lowest BCUT2D eigenvalue weighted by Crippen LogP contribution is -2.18. The van der Waals surface area contributed by atoms with Crippen molar-refractivity contribution >= 4 is 17.7 Å². The number of carbonyl (C=O) groups excluding carboxylic acids is 3. The molecule has 0 unspecified atom stereocenters. The number of ketones is 1. The molecular weight excluding hydrogens is 320 g/mol. The minimum Gasteiger partial charge on any atom is -0.462 e. The van der Waals surface area contributed by atoms with Gasteiger partial charge in [0.2, 0.25) is 0 Å². The fourth-order valence-electron chi connectivity index (χ4n) is 2.16. The van der Waals surface area contributed by atoms with Crippen molar-refractivity contribution in [1.29, 1.82) is 0 Å². The molecule has 0 aliphatic rings. The van der Waals surface area contributed by atoms with Crippen LogP contribution in [-0.4, -0.2) is 24.3 Å². The van der Waals surface area contributed by atoms with Crippen LogP contribution in [0.3, 0.4) is 0 Å². The number of rotatable bonds is 6. The largest absolute Gasteiger partial charge is 0.462 e. The third-order valence-electron chi connectivity index (χ3n) is 3.38. The van der Waals surface area contributed by atoms with E-state index in [1.54, 1.807) is 30.3 Å². The highest BCUT2D eigenvalue weighted by atomic mass is 16.5. The molecule has 0 atom stereocenters. The third kappa shape index (κ3) is 4.76. The second-order valence-corrected chi connectivity index (χ2v) is 5.98. The molecule has 2 aromatic carbocycles. The molecular formula is C20H20O5. The Morgan fingerprint density at radius 3 is 1.92 bits per heavy atom. The van der Waals surface area contributed by atoms with Crippen LogP contribution in [0.5, 0.6) is 5.75 Å². The summed E-state index contributed by atoms with van der Waals surface area (Å²) in [6.07, 6.45) is 0. The molecule has 0 aliphatic heterocycles. The van der Waals surface area contributed by atoms with Gasteiger partial charge in [-0.25, -0.2) is 9.59 Å². The van der Waals surface area contributed by atoms with Gasteiger partial charge in [0.1, 0.15) is 5.75 Å². The monoisotopic (exact) mass is 340 g/mol. The van der Waals surface area contributed by atoms with Crippen LogP contribution in [-0.2, 0) is 4.74 Å². The molecule has 0 heterocycles. The third-order valence-corrected chi connectivity index (χ3v) is 3.38. The topological polar surface area (TPSA) is 69.7 Å². The number of Topliss-reactive ketones (excluding diaryl/α,β-unsaturated/α-hetero) is 1. The zero-order chi connectivity index (χ0) is 18.4. The van der Waals surface area contributed by atoms with Gasteiger partial charge in [0.15, 0.2) is 5.78 Å². The number of ether oxygens (including phenoxy) is 2. The molecule has 0 fully saturated rings. The molecule has 0 bridgehead atoms. The van der Waals surface area contributed by atoms with E-state index in [1.807, 2.05) is 13.8 Å². The summed E-state index contributed by atoms with van der Waals surface area (Å²) in [6, 6.07) is 12.7. The van der Waals surface area contributed by atoms with Crippen LogP contribution in [0.1, 0.15) is 51.8 Å². The maximum atomic E-state index is 12.5. The Hall–Kier alpha value is -2.95. The molecule has 0 amide bonds. The molecule has 2 aromatic rings. The van der Waals surface area contributed by atoms with E-state index in [9.17, 15) is 14.4 Å². The van der Waals surface area contributed by atoms with Gasteiger partial charge in [-0.15, -0.1) is 0 Å². The minimum absolute atomic E-state index is 0.0922. The average Bonchev–Trinajstić information content (AvgIpc) is 2.59. The number of para-hydroxylation sites is 1. The van der Waals surface area contributed by atoms with E-state index in [2.05, 4.69) is 0 Å². The van der Waals surface area contributed by atoms with Gasteiger partial charge in [-0.05, 0) is 37.1 Å². The van der Waals surface area contributed by atoms with Crippen molar-refractivity contribution in [3.05, 3.63) is 65.2 Å². The number of benzene rings is 2. The number of hydrogen-bond acceptors (Lipinski definition) is 5. The summed E-state index contributed by atoms with van der Waals surface area (Å²) in [5, 5.41) is 0. The van der Waals surface area contributed by atoms with Crippen molar-refractivity contribution in [2.24, 2.45) is 5.92 Å². The second kappa shape index (κ2) is 8.24. The Labute approximate surface area is 146 Å². The normalized spacial score (nSPS) is 10.4. The minimum atomic E-state index is -0.717. The van der Waals surface area contributed by atoms with E-state index in [1.165, 1.54) is 25.1 Å². The summed E-state index contributed by atoms with van der Waals surface area (Å²) >= 11 is 0. The van der Waals surface area contributed by atoms with Crippen molar-refractivity contribution in [3.8, 4) is 5.75 Å².